The molecule has 0 saturated heterocycles. The van der Waals surface area contributed by atoms with Gasteiger partial charge in [-0.2, -0.15) is 0 Å². The van der Waals surface area contributed by atoms with E-state index in [0.29, 0.717) is 0 Å². The lowest BCUT2D eigenvalue weighted by atomic mass is 10.4. The van der Waals surface area contributed by atoms with Crippen molar-refractivity contribution in [3.05, 3.63) is 69.9 Å². The van der Waals surface area contributed by atoms with Gasteiger partial charge in [0.25, 0.3) is 0 Å². The smallest absolute Gasteiger partial charge is 0.0471 e. The summed E-state index contributed by atoms with van der Waals surface area (Å²) in [5.74, 6) is 0. The number of thioether (sulfide) groups is 2. The van der Waals surface area contributed by atoms with Gasteiger partial charge in [0.05, 0.1) is 0 Å². The molecule has 0 fully saturated rings. The summed E-state index contributed by atoms with van der Waals surface area (Å²) in [6.07, 6.45) is 2.26. The van der Waals surface area contributed by atoms with E-state index in [1.165, 1.54) is 14.0 Å². The summed E-state index contributed by atoms with van der Waals surface area (Å²) >= 11 is 9.51. The molecule has 0 N–H and O–H groups in total. The maximum absolute atomic E-state index is 5.94. The fourth-order valence-corrected chi connectivity index (χ4v) is 3.80. The number of nitrogens with zero attached hydrogens (tertiary/aromatic N) is 1. The summed E-state index contributed by atoms with van der Waals surface area (Å²) in [6, 6.07) is 18.4. The minimum Gasteiger partial charge on any atom is -0.306 e. The Hall–Kier alpha value is -0.870. The highest BCUT2D eigenvalue weighted by molar-refractivity contribution is 8.22. The molecule has 0 bridgehead atoms. The quantitative estimate of drug-likeness (QED) is 0.630. The van der Waals surface area contributed by atoms with Crippen molar-refractivity contribution in [1.29, 1.82) is 0 Å². The molecule has 2 rings (SSSR count). The zero-order valence-corrected chi connectivity index (χ0v) is 14.5. The highest BCUT2D eigenvalue weighted by atomic mass is 35.5. The average Bonchev–Trinajstić information content (AvgIpc) is 2.48. The first kappa shape index (κ1) is 16.5. The van der Waals surface area contributed by atoms with Gasteiger partial charge in [0.15, 0.2) is 0 Å². The van der Waals surface area contributed by atoms with Crippen LogP contribution >= 0.6 is 35.1 Å². The SMILES string of the molecule is CN(C)C/C=C(\Sc1ccccc1)Sc1ccc(Cl)cc1. The number of benzene rings is 2. The van der Waals surface area contributed by atoms with Crippen LogP contribution in [0.3, 0.4) is 0 Å². The zero-order valence-electron chi connectivity index (χ0n) is 12.1. The van der Waals surface area contributed by atoms with E-state index in [0.717, 1.165) is 11.6 Å². The topological polar surface area (TPSA) is 3.24 Å². The van der Waals surface area contributed by atoms with Gasteiger partial charge in [-0.05, 0) is 56.6 Å². The van der Waals surface area contributed by atoms with Crippen molar-refractivity contribution >= 4 is 35.1 Å². The van der Waals surface area contributed by atoms with Gasteiger partial charge in [-0.1, -0.05) is 53.3 Å². The van der Waals surface area contributed by atoms with Crippen molar-refractivity contribution in [3.8, 4) is 0 Å². The van der Waals surface area contributed by atoms with Crippen LogP contribution in [0.5, 0.6) is 0 Å². The molecule has 0 unspecified atom stereocenters. The van der Waals surface area contributed by atoms with Crippen LogP contribution in [0.2, 0.25) is 5.02 Å². The molecule has 0 saturated carbocycles. The molecule has 0 heterocycles. The van der Waals surface area contributed by atoms with Crippen molar-refractivity contribution in [2.24, 2.45) is 0 Å². The fraction of sp³-hybridized carbons (Fsp3) is 0.176. The molecule has 0 aliphatic carbocycles. The summed E-state index contributed by atoms with van der Waals surface area (Å²) in [5.41, 5.74) is 0. The Balaban J connectivity index is 2.12. The molecule has 2 aromatic carbocycles. The zero-order chi connectivity index (χ0) is 15.1. The van der Waals surface area contributed by atoms with Gasteiger partial charge in [-0.3, -0.25) is 0 Å². The van der Waals surface area contributed by atoms with E-state index in [4.69, 9.17) is 11.6 Å². The molecule has 0 aliphatic heterocycles. The van der Waals surface area contributed by atoms with Crippen LogP contribution in [-0.2, 0) is 0 Å². The van der Waals surface area contributed by atoms with Gasteiger partial charge in [0, 0.05) is 25.6 Å². The summed E-state index contributed by atoms with van der Waals surface area (Å²) < 4.78 is 1.28. The monoisotopic (exact) mass is 335 g/mol. The molecule has 0 spiro atoms. The van der Waals surface area contributed by atoms with E-state index in [9.17, 15) is 0 Å². The van der Waals surface area contributed by atoms with Crippen molar-refractivity contribution in [2.75, 3.05) is 20.6 Å². The predicted molar refractivity (Wildman–Crippen MR) is 96.2 cm³/mol. The largest absolute Gasteiger partial charge is 0.306 e. The Kier molecular flexibility index (Phi) is 6.71. The maximum Gasteiger partial charge on any atom is 0.0471 e. The van der Waals surface area contributed by atoms with Crippen LogP contribution in [0.4, 0.5) is 0 Å². The summed E-state index contributed by atoms with van der Waals surface area (Å²) in [5, 5.41) is 0.772. The Labute approximate surface area is 140 Å². The molecular formula is C17H18ClNS2. The van der Waals surface area contributed by atoms with Crippen molar-refractivity contribution < 1.29 is 0 Å². The lowest BCUT2D eigenvalue weighted by Crippen LogP contribution is -2.10. The normalized spacial score (nSPS) is 11.9. The third-order valence-electron chi connectivity index (χ3n) is 2.62. The van der Waals surface area contributed by atoms with Gasteiger partial charge in [0.2, 0.25) is 0 Å². The lowest BCUT2D eigenvalue weighted by Gasteiger charge is -2.10. The molecule has 0 radical (unpaired) electrons. The second-order valence-corrected chi connectivity index (χ2v) is 7.68. The maximum atomic E-state index is 5.94. The first-order chi connectivity index (χ1) is 10.1. The molecule has 0 atom stereocenters. The number of rotatable bonds is 6. The Morgan fingerprint density at radius 1 is 0.952 bits per heavy atom. The molecule has 1 nitrogen and oxygen atoms in total. The van der Waals surface area contributed by atoms with E-state index in [1.807, 2.05) is 18.2 Å². The molecule has 0 amide bonds. The molecule has 0 aliphatic rings. The Bertz CT molecular complexity index is 579. The van der Waals surface area contributed by atoms with E-state index in [2.05, 4.69) is 61.5 Å². The fourth-order valence-electron chi connectivity index (χ4n) is 1.58. The van der Waals surface area contributed by atoms with Crippen LogP contribution in [0.15, 0.2) is 74.7 Å². The molecule has 4 heteroatoms. The lowest BCUT2D eigenvalue weighted by molar-refractivity contribution is 0.456. The summed E-state index contributed by atoms with van der Waals surface area (Å²) in [4.78, 5) is 4.62. The van der Waals surface area contributed by atoms with E-state index in [-0.39, 0.29) is 0 Å². The van der Waals surface area contributed by atoms with Crippen molar-refractivity contribution in [2.45, 2.75) is 9.79 Å². The minimum absolute atomic E-state index is 0.772. The molecule has 110 valence electrons. The van der Waals surface area contributed by atoms with Gasteiger partial charge in [-0.15, -0.1) is 0 Å². The molecule has 0 aromatic heterocycles. The van der Waals surface area contributed by atoms with E-state index in [1.54, 1.807) is 23.5 Å². The highest BCUT2D eigenvalue weighted by Crippen LogP contribution is 2.39. The van der Waals surface area contributed by atoms with Crippen LogP contribution in [-0.4, -0.2) is 25.5 Å². The number of hydrogen-bond acceptors (Lipinski definition) is 3. The summed E-state index contributed by atoms with van der Waals surface area (Å²) in [7, 11) is 4.16. The molecule has 2 aromatic rings. The van der Waals surface area contributed by atoms with Gasteiger partial charge in [-0.25, -0.2) is 0 Å². The first-order valence-corrected chi connectivity index (χ1v) is 8.66. The number of likely N-dealkylation sites (N-methyl/N-ethyl adjacent to an activating group) is 1. The van der Waals surface area contributed by atoms with Crippen LogP contribution in [0, 0.1) is 0 Å². The van der Waals surface area contributed by atoms with Gasteiger partial charge >= 0.3 is 0 Å². The Morgan fingerprint density at radius 3 is 2.10 bits per heavy atom. The van der Waals surface area contributed by atoms with E-state index < -0.39 is 0 Å². The highest BCUT2D eigenvalue weighted by Gasteiger charge is 2.04. The summed E-state index contributed by atoms with van der Waals surface area (Å²) in [6.45, 7) is 0.926. The third kappa shape index (κ3) is 6.18. The minimum atomic E-state index is 0.772. The Morgan fingerprint density at radius 2 is 1.52 bits per heavy atom. The average molecular weight is 336 g/mol. The van der Waals surface area contributed by atoms with Crippen molar-refractivity contribution in [3.63, 3.8) is 0 Å². The number of hydrogen-bond donors (Lipinski definition) is 0. The van der Waals surface area contributed by atoms with Crippen LogP contribution in [0.25, 0.3) is 0 Å². The second kappa shape index (κ2) is 8.54. The number of halogens is 1. The van der Waals surface area contributed by atoms with Gasteiger partial charge < -0.3 is 4.90 Å². The first-order valence-electron chi connectivity index (χ1n) is 6.65. The van der Waals surface area contributed by atoms with Crippen LogP contribution in [0.1, 0.15) is 0 Å². The van der Waals surface area contributed by atoms with E-state index >= 15 is 0 Å². The molecule has 21 heavy (non-hydrogen) atoms. The third-order valence-corrected chi connectivity index (χ3v) is 5.12. The predicted octanol–water partition coefficient (Wildman–Crippen LogP) is 5.63. The van der Waals surface area contributed by atoms with Crippen LogP contribution < -0.4 is 0 Å². The molecular weight excluding hydrogens is 318 g/mol. The van der Waals surface area contributed by atoms with Gasteiger partial charge in [0.1, 0.15) is 0 Å². The van der Waals surface area contributed by atoms with Crippen molar-refractivity contribution in [1.82, 2.24) is 4.90 Å². The standard InChI is InChI=1S/C17H18ClNS2/c1-19(2)13-12-17(20-15-6-4-3-5-7-15)21-16-10-8-14(18)9-11-16/h3-12H,13H2,1-2H3/b17-12+. The second-order valence-electron chi connectivity index (χ2n) is 4.76.